The minimum absolute atomic E-state index is 0.814. The molecule has 0 atom stereocenters. The van der Waals surface area contributed by atoms with Crippen molar-refractivity contribution < 1.29 is 0 Å². The fourth-order valence-electron chi connectivity index (χ4n) is 1.19. The normalized spacial score (nSPS) is 10.7. The van der Waals surface area contributed by atoms with Crippen LogP contribution < -0.4 is 5.73 Å². The third-order valence-corrected chi connectivity index (χ3v) is 3.03. The summed E-state index contributed by atoms with van der Waals surface area (Å²) in [7, 11) is 1.95. The summed E-state index contributed by atoms with van der Waals surface area (Å²) in [5.74, 6) is 4.08. The van der Waals surface area contributed by atoms with Crippen LogP contribution >= 0.6 is 11.8 Å². The average Bonchev–Trinajstić information content (AvgIpc) is 2.34. The summed E-state index contributed by atoms with van der Waals surface area (Å²) in [6, 6.07) is 0. The molecule has 2 N–H and O–H groups in total. The quantitative estimate of drug-likeness (QED) is 0.749. The third kappa shape index (κ3) is 2.40. The van der Waals surface area contributed by atoms with E-state index in [-0.39, 0.29) is 0 Å². The third-order valence-electron chi connectivity index (χ3n) is 2.13. The molecular weight excluding hydrogens is 182 g/mol. The fourth-order valence-corrected chi connectivity index (χ4v) is 1.82. The Hall–Kier alpha value is -0.640. The van der Waals surface area contributed by atoms with Gasteiger partial charge in [0.1, 0.15) is 11.6 Å². The maximum Gasteiger partial charge on any atom is 0.126 e. The first-order valence-electron chi connectivity index (χ1n) is 4.52. The Morgan fingerprint density at radius 2 is 2.23 bits per heavy atom. The van der Waals surface area contributed by atoms with Crippen molar-refractivity contribution in [2.75, 3.05) is 17.2 Å². The maximum absolute atomic E-state index is 5.88. The zero-order chi connectivity index (χ0) is 9.84. The maximum atomic E-state index is 5.88. The van der Waals surface area contributed by atoms with Crippen LogP contribution in [0.2, 0.25) is 0 Å². The van der Waals surface area contributed by atoms with Gasteiger partial charge >= 0.3 is 0 Å². The fraction of sp³-hybridized carbons (Fsp3) is 0.667. The number of nitrogen functional groups attached to an aromatic ring is 1. The smallest absolute Gasteiger partial charge is 0.126 e. The van der Waals surface area contributed by atoms with Gasteiger partial charge in [0.05, 0.1) is 5.69 Å². The van der Waals surface area contributed by atoms with Gasteiger partial charge in [-0.25, -0.2) is 4.98 Å². The first-order valence-corrected chi connectivity index (χ1v) is 5.67. The first-order chi connectivity index (χ1) is 6.16. The minimum Gasteiger partial charge on any atom is -0.384 e. The number of rotatable bonds is 4. The molecule has 0 saturated carbocycles. The van der Waals surface area contributed by atoms with Crippen LogP contribution in [-0.2, 0) is 13.5 Å². The molecule has 0 aromatic carbocycles. The largest absolute Gasteiger partial charge is 0.384 e. The molecule has 0 aliphatic rings. The Balaban J connectivity index is 2.61. The monoisotopic (exact) mass is 199 g/mol. The van der Waals surface area contributed by atoms with Crippen molar-refractivity contribution in [2.24, 2.45) is 7.05 Å². The van der Waals surface area contributed by atoms with Crippen molar-refractivity contribution in [3.63, 3.8) is 0 Å². The van der Waals surface area contributed by atoms with Crippen LogP contribution in [0.5, 0.6) is 0 Å². The van der Waals surface area contributed by atoms with E-state index in [1.165, 1.54) is 0 Å². The summed E-state index contributed by atoms with van der Waals surface area (Å²) in [5.41, 5.74) is 6.92. The van der Waals surface area contributed by atoms with Crippen LogP contribution in [0, 0.1) is 6.92 Å². The summed E-state index contributed by atoms with van der Waals surface area (Å²) in [6.45, 7) is 4.14. The van der Waals surface area contributed by atoms with Crippen LogP contribution in [0.15, 0.2) is 0 Å². The Morgan fingerprint density at radius 3 is 2.69 bits per heavy atom. The molecule has 13 heavy (non-hydrogen) atoms. The summed E-state index contributed by atoms with van der Waals surface area (Å²) >= 11 is 1.92. The van der Waals surface area contributed by atoms with Gasteiger partial charge in [-0.2, -0.15) is 11.8 Å². The SMILES string of the molecule is CCSCCc1nc(C)n(C)c1N. The van der Waals surface area contributed by atoms with E-state index in [2.05, 4.69) is 11.9 Å². The number of imidazole rings is 1. The van der Waals surface area contributed by atoms with Crippen LogP contribution in [-0.4, -0.2) is 21.1 Å². The summed E-state index contributed by atoms with van der Waals surface area (Å²) in [5, 5.41) is 0. The van der Waals surface area contributed by atoms with Gasteiger partial charge in [0.25, 0.3) is 0 Å². The van der Waals surface area contributed by atoms with Crippen molar-refractivity contribution in [1.82, 2.24) is 9.55 Å². The molecule has 1 aromatic rings. The molecule has 0 spiro atoms. The highest BCUT2D eigenvalue weighted by Gasteiger charge is 2.07. The van der Waals surface area contributed by atoms with Gasteiger partial charge in [-0.05, 0) is 18.4 Å². The lowest BCUT2D eigenvalue weighted by Gasteiger charge is -1.99. The second kappa shape index (κ2) is 4.56. The van der Waals surface area contributed by atoms with Gasteiger partial charge in [0, 0.05) is 13.5 Å². The van der Waals surface area contributed by atoms with E-state index in [0.29, 0.717) is 0 Å². The Bertz CT molecular complexity index is 281. The molecule has 3 nitrogen and oxygen atoms in total. The molecule has 1 aromatic heterocycles. The molecule has 0 saturated heterocycles. The van der Waals surface area contributed by atoms with Crippen LogP contribution in [0.4, 0.5) is 5.82 Å². The van der Waals surface area contributed by atoms with Crippen molar-refractivity contribution in [1.29, 1.82) is 0 Å². The molecule has 0 fully saturated rings. The molecule has 1 rings (SSSR count). The molecule has 0 aliphatic heterocycles. The molecule has 0 aliphatic carbocycles. The number of hydrogen-bond acceptors (Lipinski definition) is 3. The van der Waals surface area contributed by atoms with Gasteiger partial charge in [-0.3, -0.25) is 0 Å². The van der Waals surface area contributed by atoms with Crippen molar-refractivity contribution in [3.8, 4) is 0 Å². The highest BCUT2D eigenvalue weighted by atomic mass is 32.2. The van der Waals surface area contributed by atoms with Gasteiger partial charge in [-0.15, -0.1) is 0 Å². The van der Waals surface area contributed by atoms with Crippen molar-refractivity contribution in [2.45, 2.75) is 20.3 Å². The lowest BCUT2D eigenvalue weighted by molar-refractivity contribution is 0.868. The molecular formula is C9H17N3S. The van der Waals surface area contributed by atoms with Gasteiger partial charge < -0.3 is 10.3 Å². The van der Waals surface area contributed by atoms with Crippen molar-refractivity contribution in [3.05, 3.63) is 11.5 Å². The van der Waals surface area contributed by atoms with E-state index in [9.17, 15) is 0 Å². The number of nitrogens with zero attached hydrogens (tertiary/aromatic N) is 2. The molecule has 0 bridgehead atoms. The van der Waals surface area contributed by atoms with E-state index in [1.54, 1.807) is 0 Å². The lowest BCUT2D eigenvalue weighted by Crippen LogP contribution is -2.00. The molecule has 0 amide bonds. The van der Waals surface area contributed by atoms with E-state index >= 15 is 0 Å². The highest BCUT2D eigenvalue weighted by Crippen LogP contribution is 2.14. The number of aryl methyl sites for hydroxylation is 2. The van der Waals surface area contributed by atoms with Gasteiger partial charge in [0.15, 0.2) is 0 Å². The first kappa shape index (κ1) is 10.4. The molecule has 74 valence electrons. The lowest BCUT2D eigenvalue weighted by atomic mass is 10.3. The van der Waals surface area contributed by atoms with Crippen LogP contribution in [0.25, 0.3) is 0 Å². The average molecular weight is 199 g/mol. The molecule has 0 radical (unpaired) electrons. The highest BCUT2D eigenvalue weighted by molar-refractivity contribution is 7.99. The summed E-state index contributed by atoms with van der Waals surface area (Å²) in [6.07, 6.45) is 0.978. The van der Waals surface area contributed by atoms with E-state index in [0.717, 1.165) is 35.3 Å². The van der Waals surface area contributed by atoms with E-state index in [1.807, 2.05) is 30.3 Å². The van der Waals surface area contributed by atoms with Crippen molar-refractivity contribution >= 4 is 17.6 Å². The molecule has 0 unspecified atom stereocenters. The zero-order valence-corrected chi connectivity index (χ0v) is 9.32. The topological polar surface area (TPSA) is 43.8 Å². The Kier molecular flexibility index (Phi) is 3.66. The van der Waals surface area contributed by atoms with E-state index < -0.39 is 0 Å². The summed E-state index contributed by atoms with van der Waals surface area (Å²) in [4.78, 5) is 4.41. The Labute approximate surface area is 83.7 Å². The number of anilines is 1. The summed E-state index contributed by atoms with van der Waals surface area (Å²) < 4.78 is 1.94. The van der Waals surface area contributed by atoms with Gasteiger partial charge in [0.2, 0.25) is 0 Å². The second-order valence-corrected chi connectivity index (χ2v) is 4.39. The predicted molar refractivity (Wildman–Crippen MR) is 59.1 cm³/mol. The van der Waals surface area contributed by atoms with E-state index in [4.69, 9.17) is 5.73 Å². The Morgan fingerprint density at radius 1 is 1.54 bits per heavy atom. The number of nitrogens with two attached hydrogens (primary N) is 1. The predicted octanol–water partition coefficient (Wildman–Crippen LogP) is 1.61. The molecule has 4 heteroatoms. The number of thioether (sulfide) groups is 1. The zero-order valence-electron chi connectivity index (χ0n) is 8.50. The minimum atomic E-state index is 0.814. The van der Waals surface area contributed by atoms with Gasteiger partial charge in [-0.1, -0.05) is 6.92 Å². The van der Waals surface area contributed by atoms with Crippen LogP contribution in [0.1, 0.15) is 18.4 Å². The number of aromatic nitrogens is 2. The van der Waals surface area contributed by atoms with Crippen LogP contribution in [0.3, 0.4) is 0 Å². The molecule has 1 heterocycles. The number of hydrogen-bond donors (Lipinski definition) is 1. The second-order valence-electron chi connectivity index (χ2n) is 3.00. The standard InChI is InChI=1S/C9H17N3S/c1-4-13-6-5-8-9(10)12(3)7(2)11-8/h4-6,10H2,1-3H3.